The van der Waals surface area contributed by atoms with Crippen molar-refractivity contribution in [2.24, 2.45) is 5.92 Å². The smallest absolute Gasteiger partial charge is 0.263 e. The molecule has 11 heteroatoms. The molecule has 3 aromatic heterocycles. The van der Waals surface area contributed by atoms with Crippen LogP contribution in [0.1, 0.15) is 11.3 Å². The maximum absolute atomic E-state index is 11.5. The molecule has 1 saturated heterocycles. The Kier molecular flexibility index (Phi) is 6.96. The number of pyridine rings is 3. The molecule has 3 N–H and O–H groups in total. The molecule has 0 unspecified atom stereocenters. The lowest BCUT2D eigenvalue weighted by molar-refractivity contribution is -0.118. The molecule has 3 aromatic rings. The minimum Gasteiger partial charge on any atom is -0.481 e. The average Bonchev–Trinajstić information content (AvgIpc) is 3.22. The summed E-state index contributed by atoms with van der Waals surface area (Å²) in [6.07, 6.45) is 2.18. The summed E-state index contributed by atoms with van der Waals surface area (Å²) in [6.45, 7) is 3.20. The van der Waals surface area contributed by atoms with Crippen molar-refractivity contribution in [1.29, 1.82) is 0 Å². The summed E-state index contributed by atoms with van der Waals surface area (Å²) in [6, 6.07) is 7.38. The zero-order chi connectivity index (χ0) is 24.4. The van der Waals surface area contributed by atoms with Crippen molar-refractivity contribution in [2.45, 2.75) is 19.1 Å². The number of amides is 1. The van der Waals surface area contributed by atoms with E-state index in [1.165, 1.54) is 0 Å². The number of likely N-dealkylation sites (tertiary alicyclic amines) is 1. The Labute approximate surface area is 207 Å². The van der Waals surface area contributed by atoms with Gasteiger partial charge in [-0.15, -0.1) is 0 Å². The number of carbonyl (C=O) groups is 1. The average molecular weight is 499 g/mol. The van der Waals surface area contributed by atoms with Crippen LogP contribution in [0.4, 0.5) is 5.82 Å². The van der Waals surface area contributed by atoms with E-state index in [9.17, 15) is 9.90 Å². The second kappa shape index (κ2) is 10.3. The summed E-state index contributed by atoms with van der Waals surface area (Å²) in [5.41, 5.74) is 3.41. The SMILES string of the molecule is COc1ccc2nccc(CCN3C[C@H](CNCc4nc5c(cc4Cl)OCC(=O)N5)[C@H](O)C3)c2n1. The van der Waals surface area contributed by atoms with E-state index in [2.05, 4.69) is 30.5 Å². The molecule has 0 spiro atoms. The van der Waals surface area contributed by atoms with Gasteiger partial charge in [-0.2, -0.15) is 0 Å². The number of halogens is 1. The van der Waals surface area contributed by atoms with Crippen LogP contribution in [0.3, 0.4) is 0 Å². The molecular formula is C24H27ClN6O4. The van der Waals surface area contributed by atoms with Gasteiger partial charge in [-0.05, 0) is 24.1 Å². The summed E-state index contributed by atoms with van der Waals surface area (Å²) in [5, 5.41) is 17.1. The van der Waals surface area contributed by atoms with Gasteiger partial charge in [0.1, 0.15) is 0 Å². The number of methoxy groups -OCH3 is 1. The number of fused-ring (bicyclic) bond motifs is 2. The molecule has 2 aliphatic rings. The molecule has 10 nitrogen and oxygen atoms in total. The third kappa shape index (κ3) is 5.30. The molecule has 5 heterocycles. The Morgan fingerprint density at radius 1 is 1.31 bits per heavy atom. The van der Waals surface area contributed by atoms with E-state index >= 15 is 0 Å². The van der Waals surface area contributed by atoms with Crippen LogP contribution in [-0.4, -0.2) is 76.9 Å². The summed E-state index contributed by atoms with van der Waals surface area (Å²) in [7, 11) is 1.60. The zero-order valence-electron chi connectivity index (χ0n) is 19.3. The normalized spacial score (nSPS) is 19.9. The lowest BCUT2D eigenvalue weighted by Gasteiger charge is -2.19. The van der Waals surface area contributed by atoms with E-state index in [0.29, 0.717) is 47.8 Å². The maximum Gasteiger partial charge on any atom is 0.263 e. The lowest BCUT2D eigenvalue weighted by Crippen LogP contribution is -2.31. The second-order valence-electron chi connectivity index (χ2n) is 8.76. The topological polar surface area (TPSA) is 122 Å². The molecule has 0 bridgehead atoms. The van der Waals surface area contributed by atoms with Crippen molar-refractivity contribution in [1.82, 2.24) is 25.2 Å². The van der Waals surface area contributed by atoms with Crippen LogP contribution in [0.5, 0.6) is 11.6 Å². The van der Waals surface area contributed by atoms with Gasteiger partial charge in [-0.25, -0.2) is 9.97 Å². The van der Waals surface area contributed by atoms with Crippen molar-refractivity contribution in [3.05, 3.63) is 46.7 Å². The lowest BCUT2D eigenvalue weighted by atomic mass is 10.1. The number of aliphatic hydroxyl groups excluding tert-OH is 1. The van der Waals surface area contributed by atoms with Crippen LogP contribution in [-0.2, 0) is 17.8 Å². The first kappa shape index (κ1) is 23.7. The Morgan fingerprint density at radius 3 is 3.06 bits per heavy atom. The quantitative estimate of drug-likeness (QED) is 0.425. The molecule has 0 aromatic carbocycles. The highest BCUT2D eigenvalue weighted by Gasteiger charge is 2.31. The maximum atomic E-state index is 11.5. The predicted octanol–water partition coefficient (Wildman–Crippen LogP) is 1.64. The number of aliphatic hydroxyl groups is 1. The van der Waals surface area contributed by atoms with Crippen LogP contribution < -0.4 is 20.1 Å². The van der Waals surface area contributed by atoms with Gasteiger partial charge < -0.3 is 30.1 Å². The number of rotatable bonds is 8. The number of carbonyl (C=O) groups excluding carboxylic acids is 1. The standard InChI is InChI=1S/C24H27ClN6O4/c1-34-22-3-2-17-23(30-22)14(4-6-27-17)5-7-31-11-15(19(32)12-31)9-26-10-18-16(25)8-20-24(28-18)29-21(33)13-35-20/h2-4,6,8,15,19,26,32H,5,7,9-13H2,1H3,(H,28,29,33)/t15-,19+/m0/s1. The van der Waals surface area contributed by atoms with Gasteiger partial charge in [0.15, 0.2) is 18.2 Å². The molecule has 1 fully saturated rings. The van der Waals surface area contributed by atoms with Gasteiger partial charge >= 0.3 is 0 Å². The summed E-state index contributed by atoms with van der Waals surface area (Å²) >= 11 is 6.33. The van der Waals surface area contributed by atoms with Crippen LogP contribution in [0, 0.1) is 5.92 Å². The fourth-order valence-corrected chi connectivity index (χ4v) is 4.71. The zero-order valence-corrected chi connectivity index (χ0v) is 20.1. The van der Waals surface area contributed by atoms with E-state index < -0.39 is 6.10 Å². The molecule has 2 atom stereocenters. The van der Waals surface area contributed by atoms with Gasteiger partial charge in [0.25, 0.3) is 5.91 Å². The molecule has 1 amide bonds. The van der Waals surface area contributed by atoms with Gasteiger partial charge in [-0.1, -0.05) is 11.6 Å². The van der Waals surface area contributed by atoms with Gasteiger partial charge in [0.05, 0.1) is 35.0 Å². The molecule has 5 rings (SSSR count). The Morgan fingerprint density at radius 2 is 2.20 bits per heavy atom. The number of hydrogen-bond acceptors (Lipinski definition) is 9. The highest BCUT2D eigenvalue weighted by Crippen LogP contribution is 2.30. The highest BCUT2D eigenvalue weighted by molar-refractivity contribution is 6.31. The third-order valence-electron chi connectivity index (χ3n) is 6.36. The highest BCUT2D eigenvalue weighted by atomic mass is 35.5. The summed E-state index contributed by atoms with van der Waals surface area (Å²) in [4.78, 5) is 27.2. The number of anilines is 1. The first-order chi connectivity index (χ1) is 17.0. The molecule has 35 heavy (non-hydrogen) atoms. The fraction of sp³-hybridized carbons (Fsp3) is 0.417. The Bertz CT molecular complexity index is 1240. The number of nitrogens with one attached hydrogen (secondary N) is 2. The van der Waals surface area contributed by atoms with Gasteiger partial charge in [0, 0.05) is 57.0 Å². The van der Waals surface area contributed by atoms with E-state index in [1.807, 2.05) is 18.2 Å². The van der Waals surface area contributed by atoms with Crippen LogP contribution >= 0.6 is 11.6 Å². The largest absolute Gasteiger partial charge is 0.481 e. The fourth-order valence-electron chi connectivity index (χ4n) is 4.50. The minimum absolute atomic E-state index is 0.0409. The first-order valence-electron chi connectivity index (χ1n) is 11.5. The van der Waals surface area contributed by atoms with Crippen LogP contribution in [0.2, 0.25) is 5.02 Å². The van der Waals surface area contributed by atoms with E-state index in [0.717, 1.165) is 36.1 Å². The van der Waals surface area contributed by atoms with Gasteiger partial charge in [0.2, 0.25) is 5.88 Å². The molecule has 2 aliphatic heterocycles. The summed E-state index contributed by atoms with van der Waals surface area (Å²) in [5.74, 6) is 1.26. The number of hydrogen-bond donors (Lipinski definition) is 3. The van der Waals surface area contributed by atoms with Crippen molar-refractivity contribution in [3.63, 3.8) is 0 Å². The van der Waals surface area contributed by atoms with Crippen LogP contribution in [0.25, 0.3) is 11.0 Å². The minimum atomic E-state index is -0.422. The monoisotopic (exact) mass is 498 g/mol. The number of aromatic nitrogens is 3. The van der Waals surface area contributed by atoms with Crippen molar-refractivity contribution >= 4 is 34.4 Å². The third-order valence-corrected chi connectivity index (χ3v) is 6.69. The predicted molar refractivity (Wildman–Crippen MR) is 131 cm³/mol. The van der Waals surface area contributed by atoms with Crippen molar-refractivity contribution in [3.8, 4) is 11.6 Å². The Balaban J connectivity index is 1.15. The molecule has 0 saturated carbocycles. The number of nitrogens with zero attached hydrogens (tertiary/aromatic N) is 4. The molecular weight excluding hydrogens is 472 g/mol. The second-order valence-corrected chi connectivity index (χ2v) is 9.17. The van der Waals surface area contributed by atoms with Crippen LogP contribution in [0.15, 0.2) is 30.5 Å². The Hall–Kier alpha value is -3.05. The van der Waals surface area contributed by atoms with Crippen molar-refractivity contribution < 1.29 is 19.4 Å². The number of β-amino-alcohol motifs (C(OH)–C–C–N with tert-alkyl or cyclic N) is 1. The van der Waals surface area contributed by atoms with E-state index in [1.54, 1.807) is 19.4 Å². The van der Waals surface area contributed by atoms with Gasteiger partial charge in [-0.3, -0.25) is 9.78 Å². The molecule has 0 aliphatic carbocycles. The van der Waals surface area contributed by atoms with E-state index in [4.69, 9.17) is 21.1 Å². The molecule has 0 radical (unpaired) electrons. The molecule has 184 valence electrons. The first-order valence-corrected chi connectivity index (χ1v) is 11.9. The van der Waals surface area contributed by atoms with Crippen molar-refractivity contribution in [2.75, 3.05) is 45.2 Å². The van der Waals surface area contributed by atoms with E-state index in [-0.39, 0.29) is 18.4 Å². The summed E-state index contributed by atoms with van der Waals surface area (Å²) < 4.78 is 10.6. The number of ether oxygens (including phenoxy) is 2.